The van der Waals surface area contributed by atoms with Crippen LogP contribution in [0.2, 0.25) is 10.0 Å². The van der Waals surface area contributed by atoms with Gasteiger partial charge >= 0.3 is 0 Å². The second-order valence-electron chi connectivity index (χ2n) is 5.18. The standard InChI is InChI=1S/C19H15Cl2NO3/c1-2-24-17-6-4-3-5-15(17)22-19(23)18-10-9-16(25-18)12-7-8-13(20)14(21)11-12/h3-11H,2H2,1H3,(H,22,23). The molecule has 1 amide bonds. The SMILES string of the molecule is CCOc1ccccc1NC(=O)c1ccc(-c2ccc(Cl)c(Cl)c2)o1. The maximum Gasteiger partial charge on any atom is 0.291 e. The van der Waals surface area contributed by atoms with E-state index in [0.717, 1.165) is 5.56 Å². The number of anilines is 1. The van der Waals surface area contributed by atoms with E-state index in [2.05, 4.69) is 5.32 Å². The molecule has 0 bridgehead atoms. The third-order valence-electron chi connectivity index (χ3n) is 3.47. The van der Waals surface area contributed by atoms with E-state index in [0.29, 0.717) is 33.8 Å². The minimum absolute atomic E-state index is 0.187. The summed E-state index contributed by atoms with van der Waals surface area (Å²) in [5, 5.41) is 3.68. The van der Waals surface area contributed by atoms with Crippen LogP contribution in [0.4, 0.5) is 5.69 Å². The lowest BCUT2D eigenvalue weighted by Crippen LogP contribution is -2.12. The summed E-state index contributed by atoms with van der Waals surface area (Å²) in [5.74, 6) is 0.960. The topological polar surface area (TPSA) is 51.5 Å². The van der Waals surface area contributed by atoms with E-state index < -0.39 is 0 Å². The number of para-hydroxylation sites is 2. The quantitative estimate of drug-likeness (QED) is 0.603. The van der Waals surface area contributed by atoms with E-state index in [1.165, 1.54) is 0 Å². The predicted octanol–water partition coefficient (Wildman–Crippen LogP) is 5.90. The molecule has 0 aliphatic rings. The summed E-state index contributed by atoms with van der Waals surface area (Å²) in [4.78, 5) is 12.4. The first kappa shape index (κ1) is 17.4. The van der Waals surface area contributed by atoms with Gasteiger partial charge in [0.25, 0.3) is 5.91 Å². The first-order valence-electron chi connectivity index (χ1n) is 7.67. The minimum atomic E-state index is -0.363. The Hall–Kier alpha value is -2.43. The number of benzene rings is 2. The van der Waals surface area contributed by atoms with Crippen LogP contribution in [0.15, 0.2) is 59.0 Å². The van der Waals surface area contributed by atoms with E-state index >= 15 is 0 Å². The van der Waals surface area contributed by atoms with Gasteiger partial charge in [-0.15, -0.1) is 0 Å². The summed E-state index contributed by atoms with van der Waals surface area (Å²) in [7, 11) is 0. The smallest absolute Gasteiger partial charge is 0.291 e. The summed E-state index contributed by atoms with van der Waals surface area (Å²) in [5.41, 5.74) is 1.32. The normalized spacial score (nSPS) is 10.5. The van der Waals surface area contributed by atoms with Gasteiger partial charge in [-0.1, -0.05) is 35.3 Å². The van der Waals surface area contributed by atoms with Gasteiger partial charge in [0, 0.05) is 5.56 Å². The number of amides is 1. The molecule has 0 aliphatic carbocycles. The average molecular weight is 376 g/mol. The van der Waals surface area contributed by atoms with Crippen molar-refractivity contribution in [2.75, 3.05) is 11.9 Å². The molecule has 128 valence electrons. The molecule has 0 atom stereocenters. The van der Waals surface area contributed by atoms with Crippen molar-refractivity contribution in [1.82, 2.24) is 0 Å². The van der Waals surface area contributed by atoms with Crippen molar-refractivity contribution in [3.63, 3.8) is 0 Å². The predicted molar refractivity (Wildman–Crippen MR) is 99.7 cm³/mol. The van der Waals surface area contributed by atoms with Crippen LogP contribution in [0.25, 0.3) is 11.3 Å². The van der Waals surface area contributed by atoms with Gasteiger partial charge in [-0.3, -0.25) is 4.79 Å². The Bertz CT molecular complexity index is 905. The van der Waals surface area contributed by atoms with E-state index in [1.807, 2.05) is 19.1 Å². The molecule has 1 N–H and O–H groups in total. The highest BCUT2D eigenvalue weighted by Crippen LogP contribution is 2.30. The number of hydrogen-bond donors (Lipinski definition) is 1. The Morgan fingerprint density at radius 2 is 1.88 bits per heavy atom. The largest absolute Gasteiger partial charge is 0.492 e. The molecule has 6 heteroatoms. The molecule has 4 nitrogen and oxygen atoms in total. The first-order valence-corrected chi connectivity index (χ1v) is 8.42. The Morgan fingerprint density at radius 1 is 1.08 bits per heavy atom. The molecule has 0 radical (unpaired) electrons. The van der Waals surface area contributed by atoms with Crippen LogP contribution in [-0.2, 0) is 0 Å². The highest BCUT2D eigenvalue weighted by molar-refractivity contribution is 6.42. The molecule has 3 aromatic rings. The van der Waals surface area contributed by atoms with Crippen molar-refractivity contribution in [3.05, 3.63) is 70.4 Å². The zero-order valence-corrected chi connectivity index (χ0v) is 14.9. The number of hydrogen-bond acceptors (Lipinski definition) is 3. The fraction of sp³-hybridized carbons (Fsp3) is 0.105. The van der Waals surface area contributed by atoms with Crippen molar-refractivity contribution in [1.29, 1.82) is 0 Å². The molecular formula is C19H15Cl2NO3. The summed E-state index contributed by atoms with van der Waals surface area (Å²) >= 11 is 11.9. The van der Waals surface area contributed by atoms with Gasteiger partial charge in [-0.2, -0.15) is 0 Å². The van der Waals surface area contributed by atoms with Crippen LogP contribution >= 0.6 is 23.2 Å². The van der Waals surface area contributed by atoms with Crippen molar-refractivity contribution in [2.24, 2.45) is 0 Å². The van der Waals surface area contributed by atoms with E-state index in [1.54, 1.807) is 42.5 Å². The number of rotatable bonds is 5. The van der Waals surface area contributed by atoms with Gasteiger partial charge in [0.1, 0.15) is 11.5 Å². The third kappa shape index (κ3) is 3.98. The highest BCUT2D eigenvalue weighted by atomic mass is 35.5. The molecule has 3 rings (SSSR count). The molecule has 0 aliphatic heterocycles. The molecule has 0 unspecified atom stereocenters. The van der Waals surface area contributed by atoms with E-state index in [9.17, 15) is 4.79 Å². The monoisotopic (exact) mass is 375 g/mol. The molecule has 25 heavy (non-hydrogen) atoms. The molecule has 0 fully saturated rings. The molecule has 2 aromatic carbocycles. The van der Waals surface area contributed by atoms with Crippen LogP contribution in [0.5, 0.6) is 5.75 Å². The van der Waals surface area contributed by atoms with Crippen molar-refractivity contribution >= 4 is 34.8 Å². The fourth-order valence-corrected chi connectivity index (χ4v) is 2.60. The molecular weight excluding hydrogens is 361 g/mol. The second-order valence-corrected chi connectivity index (χ2v) is 5.99. The summed E-state index contributed by atoms with van der Waals surface area (Å²) in [6.07, 6.45) is 0. The zero-order valence-electron chi connectivity index (χ0n) is 13.4. The number of carbonyl (C=O) groups is 1. The third-order valence-corrected chi connectivity index (χ3v) is 4.21. The Balaban J connectivity index is 1.80. The fourth-order valence-electron chi connectivity index (χ4n) is 2.30. The Labute approximate surface area is 155 Å². The lowest BCUT2D eigenvalue weighted by molar-refractivity contribution is 0.0997. The van der Waals surface area contributed by atoms with Gasteiger partial charge < -0.3 is 14.5 Å². The van der Waals surface area contributed by atoms with Gasteiger partial charge in [-0.25, -0.2) is 0 Å². The Morgan fingerprint density at radius 3 is 2.64 bits per heavy atom. The summed E-state index contributed by atoms with van der Waals surface area (Å²) < 4.78 is 11.1. The maximum atomic E-state index is 12.4. The van der Waals surface area contributed by atoms with Crippen LogP contribution < -0.4 is 10.1 Å². The first-order chi connectivity index (χ1) is 12.1. The number of carbonyl (C=O) groups excluding carboxylic acids is 1. The number of halogens is 2. The molecule has 1 aromatic heterocycles. The lowest BCUT2D eigenvalue weighted by atomic mass is 10.2. The summed E-state index contributed by atoms with van der Waals surface area (Å²) in [6.45, 7) is 2.39. The second kappa shape index (κ2) is 7.64. The molecule has 0 saturated heterocycles. The van der Waals surface area contributed by atoms with Gasteiger partial charge in [-0.05, 0) is 49.4 Å². The van der Waals surface area contributed by atoms with Gasteiger partial charge in [0.05, 0.1) is 22.3 Å². The lowest BCUT2D eigenvalue weighted by Gasteiger charge is -2.10. The van der Waals surface area contributed by atoms with Crippen LogP contribution in [0.1, 0.15) is 17.5 Å². The van der Waals surface area contributed by atoms with Crippen molar-refractivity contribution in [3.8, 4) is 17.1 Å². The van der Waals surface area contributed by atoms with Crippen molar-refractivity contribution < 1.29 is 13.9 Å². The van der Waals surface area contributed by atoms with Crippen molar-refractivity contribution in [2.45, 2.75) is 6.92 Å². The molecule has 0 spiro atoms. The Kier molecular flexibility index (Phi) is 5.31. The molecule has 0 saturated carbocycles. The van der Waals surface area contributed by atoms with Crippen LogP contribution in [0.3, 0.4) is 0 Å². The summed E-state index contributed by atoms with van der Waals surface area (Å²) in [6, 6.07) is 15.7. The van der Waals surface area contributed by atoms with E-state index in [4.69, 9.17) is 32.4 Å². The van der Waals surface area contributed by atoms with E-state index in [-0.39, 0.29) is 11.7 Å². The van der Waals surface area contributed by atoms with Gasteiger partial charge in [0.2, 0.25) is 0 Å². The number of nitrogens with one attached hydrogen (secondary N) is 1. The number of ether oxygens (including phenoxy) is 1. The van der Waals surface area contributed by atoms with Crippen LogP contribution in [0, 0.1) is 0 Å². The molecule has 1 heterocycles. The average Bonchev–Trinajstić information content (AvgIpc) is 3.09. The van der Waals surface area contributed by atoms with Crippen LogP contribution in [-0.4, -0.2) is 12.5 Å². The maximum absolute atomic E-state index is 12.4. The minimum Gasteiger partial charge on any atom is -0.492 e. The van der Waals surface area contributed by atoms with Gasteiger partial charge in [0.15, 0.2) is 5.76 Å². The number of furan rings is 1. The zero-order chi connectivity index (χ0) is 17.8. The highest BCUT2D eigenvalue weighted by Gasteiger charge is 2.15.